The van der Waals surface area contributed by atoms with Gasteiger partial charge in [-0.05, 0) is 163 Å². The molecule has 0 N–H and O–H groups in total. The number of fused-ring (bicyclic) bond motifs is 20. The van der Waals surface area contributed by atoms with Gasteiger partial charge in [0.15, 0.2) is 0 Å². The van der Waals surface area contributed by atoms with E-state index < -0.39 is 10.8 Å². The van der Waals surface area contributed by atoms with E-state index in [1.54, 1.807) is 0 Å². The quantitative estimate of drug-likeness (QED) is 0.143. The van der Waals surface area contributed by atoms with Gasteiger partial charge in [-0.3, -0.25) is 0 Å². The van der Waals surface area contributed by atoms with Crippen molar-refractivity contribution in [1.82, 2.24) is 0 Å². The third-order valence-corrected chi connectivity index (χ3v) is 18.2. The molecule has 83 heavy (non-hydrogen) atoms. The fourth-order valence-corrected chi connectivity index (χ4v) is 15.2. The second-order valence-electron chi connectivity index (χ2n) is 22.2. The Balaban J connectivity index is 0.852. The number of hydrogen-bond acceptors (Lipinski definition) is 3. The highest BCUT2D eigenvalue weighted by Gasteiger charge is 2.54. The molecule has 0 atom stereocenters. The normalized spacial score (nSPS) is 13.5. The standard InChI is InChI=1S/C80H53N3/c1-4-26-54(27-5-1)81(57-32-22-34-59(52-57)82(55-28-6-2-7-29-55)75-50-25-49-74-77(75)67-41-15-21-48-73(67)79(74)68-43-16-10-36-61(68)62-37-11-17-44-69(62)79)58-33-23-35-60(53-58)83(56-30-8-3-9-31-56)76-51-24-42-66-65-40-14-20-47-72(65)80(78(66)76)70-45-18-12-38-63(70)64-39-13-19-46-71(64)80/h1-53H. The zero-order valence-corrected chi connectivity index (χ0v) is 45.4. The lowest BCUT2D eigenvalue weighted by Crippen LogP contribution is -2.28. The largest absolute Gasteiger partial charge is 0.310 e. The Hall–Kier alpha value is -10.7. The van der Waals surface area contributed by atoms with Crippen molar-refractivity contribution in [3.8, 4) is 44.5 Å². The van der Waals surface area contributed by atoms with E-state index in [0.29, 0.717) is 0 Å². The van der Waals surface area contributed by atoms with Gasteiger partial charge in [-0.2, -0.15) is 0 Å². The van der Waals surface area contributed by atoms with Gasteiger partial charge in [0.25, 0.3) is 0 Å². The average Bonchev–Trinajstić information content (AvgIpc) is 1.74. The molecule has 3 nitrogen and oxygen atoms in total. The van der Waals surface area contributed by atoms with E-state index in [4.69, 9.17) is 0 Å². The van der Waals surface area contributed by atoms with Crippen molar-refractivity contribution in [1.29, 1.82) is 0 Å². The molecule has 4 aliphatic carbocycles. The molecule has 0 amide bonds. The maximum atomic E-state index is 2.50. The van der Waals surface area contributed by atoms with Gasteiger partial charge < -0.3 is 14.7 Å². The molecule has 0 bridgehead atoms. The molecule has 0 aromatic heterocycles. The van der Waals surface area contributed by atoms with Gasteiger partial charge in [0, 0.05) is 50.9 Å². The van der Waals surface area contributed by atoms with Crippen LogP contribution in [0.2, 0.25) is 0 Å². The molecule has 3 heteroatoms. The van der Waals surface area contributed by atoms with Gasteiger partial charge in [0.2, 0.25) is 0 Å². The Bertz CT molecular complexity index is 4610. The van der Waals surface area contributed by atoms with E-state index in [9.17, 15) is 0 Å². The molecule has 0 saturated heterocycles. The van der Waals surface area contributed by atoms with E-state index in [0.717, 1.165) is 51.2 Å². The van der Waals surface area contributed by atoms with Crippen molar-refractivity contribution < 1.29 is 0 Å². The Morgan fingerprint density at radius 2 is 0.458 bits per heavy atom. The number of nitrogens with zero attached hydrogens (tertiary/aromatic N) is 3. The molecule has 4 aliphatic rings. The van der Waals surface area contributed by atoms with Crippen LogP contribution < -0.4 is 14.7 Å². The van der Waals surface area contributed by atoms with Crippen LogP contribution in [0.25, 0.3) is 44.5 Å². The molecule has 17 rings (SSSR count). The maximum absolute atomic E-state index is 2.50. The minimum Gasteiger partial charge on any atom is -0.310 e. The van der Waals surface area contributed by atoms with Gasteiger partial charge >= 0.3 is 0 Å². The van der Waals surface area contributed by atoms with Crippen LogP contribution >= 0.6 is 0 Å². The minimum absolute atomic E-state index is 0.474. The zero-order valence-electron chi connectivity index (χ0n) is 45.4. The monoisotopic (exact) mass is 1060 g/mol. The first-order valence-electron chi connectivity index (χ1n) is 28.8. The number of anilines is 9. The van der Waals surface area contributed by atoms with Crippen LogP contribution in [0.15, 0.2) is 322 Å². The molecule has 388 valence electrons. The summed E-state index contributed by atoms with van der Waals surface area (Å²) in [6.45, 7) is 0. The van der Waals surface area contributed by atoms with E-state index >= 15 is 0 Å². The van der Waals surface area contributed by atoms with Crippen molar-refractivity contribution in [3.63, 3.8) is 0 Å². The van der Waals surface area contributed by atoms with Gasteiger partial charge in [0.1, 0.15) is 0 Å². The number of benzene rings is 13. The molecule has 0 fully saturated rings. The first kappa shape index (κ1) is 47.1. The predicted octanol–water partition coefficient (Wildman–Crippen LogP) is 20.8. The lowest BCUT2D eigenvalue weighted by molar-refractivity contribution is 0.793. The summed E-state index contributed by atoms with van der Waals surface area (Å²) in [6.07, 6.45) is 0. The maximum Gasteiger partial charge on any atom is 0.0746 e. The number of rotatable bonds is 9. The molecule has 0 aliphatic heterocycles. The zero-order chi connectivity index (χ0) is 54.6. The minimum atomic E-state index is -0.547. The molecular formula is C80H53N3. The van der Waals surface area contributed by atoms with Gasteiger partial charge in [-0.1, -0.05) is 237 Å². The van der Waals surface area contributed by atoms with Crippen LogP contribution in [-0.2, 0) is 10.8 Å². The van der Waals surface area contributed by atoms with Crippen molar-refractivity contribution in [2.75, 3.05) is 14.7 Å². The van der Waals surface area contributed by atoms with E-state index in [-0.39, 0.29) is 0 Å². The van der Waals surface area contributed by atoms with Gasteiger partial charge in [-0.25, -0.2) is 0 Å². The Morgan fingerprint density at radius 1 is 0.181 bits per heavy atom. The summed E-state index contributed by atoms with van der Waals surface area (Å²) in [5, 5.41) is 0. The summed E-state index contributed by atoms with van der Waals surface area (Å²) < 4.78 is 0. The lowest BCUT2D eigenvalue weighted by atomic mass is 9.70. The first-order chi connectivity index (χ1) is 41.2. The summed E-state index contributed by atoms with van der Waals surface area (Å²) in [7, 11) is 0. The molecule has 0 saturated carbocycles. The van der Waals surface area contributed by atoms with Crippen molar-refractivity contribution in [2.24, 2.45) is 0 Å². The van der Waals surface area contributed by atoms with Crippen molar-refractivity contribution >= 4 is 51.2 Å². The van der Waals surface area contributed by atoms with E-state index in [2.05, 4.69) is 336 Å². The Labute approximate surface area is 484 Å². The average molecular weight is 1060 g/mol. The summed E-state index contributed by atoms with van der Waals surface area (Å²) in [5.41, 5.74) is 29.4. The second kappa shape index (κ2) is 18.4. The second-order valence-corrected chi connectivity index (χ2v) is 22.2. The molecule has 0 radical (unpaired) electrons. The van der Waals surface area contributed by atoms with Crippen LogP contribution in [0.1, 0.15) is 44.5 Å². The van der Waals surface area contributed by atoms with Crippen LogP contribution in [0, 0.1) is 0 Å². The molecule has 2 spiro atoms. The third kappa shape index (κ3) is 6.62. The molecular weight excluding hydrogens is 1000 g/mol. The highest BCUT2D eigenvalue weighted by Crippen LogP contribution is 2.67. The Morgan fingerprint density at radius 3 is 0.916 bits per heavy atom. The topological polar surface area (TPSA) is 9.72 Å². The molecule has 13 aromatic rings. The van der Waals surface area contributed by atoms with Gasteiger partial charge in [0.05, 0.1) is 22.2 Å². The van der Waals surface area contributed by atoms with Crippen molar-refractivity contribution in [3.05, 3.63) is 366 Å². The summed E-state index contributed by atoms with van der Waals surface area (Å²) in [6, 6.07) is 119. The van der Waals surface area contributed by atoms with Crippen LogP contribution in [0.5, 0.6) is 0 Å². The Kier molecular flexibility index (Phi) is 10.4. The van der Waals surface area contributed by atoms with E-state index in [1.165, 1.54) is 89.0 Å². The van der Waals surface area contributed by atoms with Crippen molar-refractivity contribution in [2.45, 2.75) is 10.8 Å². The smallest absolute Gasteiger partial charge is 0.0746 e. The summed E-state index contributed by atoms with van der Waals surface area (Å²) in [4.78, 5) is 7.39. The van der Waals surface area contributed by atoms with Gasteiger partial charge in [-0.15, -0.1) is 0 Å². The predicted molar refractivity (Wildman–Crippen MR) is 343 cm³/mol. The lowest BCUT2D eigenvalue weighted by Gasteiger charge is -2.36. The fourth-order valence-electron chi connectivity index (χ4n) is 15.2. The van der Waals surface area contributed by atoms with Crippen LogP contribution in [0.3, 0.4) is 0 Å². The third-order valence-electron chi connectivity index (χ3n) is 18.2. The number of para-hydroxylation sites is 3. The van der Waals surface area contributed by atoms with Crippen LogP contribution in [-0.4, -0.2) is 0 Å². The highest BCUT2D eigenvalue weighted by molar-refractivity contribution is 6.03. The molecule has 0 heterocycles. The highest BCUT2D eigenvalue weighted by atomic mass is 15.2. The molecule has 0 unspecified atom stereocenters. The molecule has 13 aromatic carbocycles. The first-order valence-corrected chi connectivity index (χ1v) is 28.8. The summed E-state index contributed by atoms with van der Waals surface area (Å²) >= 11 is 0. The fraction of sp³-hybridized carbons (Fsp3) is 0.0250. The van der Waals surface area contributed by atoms with E-state index in [1.807, 2.05) is 0 Å². The summed E-state index contributed by atoms with van der Waals surface area (Å²) in [5.74, 6) is 0. The number of hydrogen-bond donors (Lipinski definition) is 0. The SMILES string of the molecule is c1ccc(N(c2cccc(N(c3ccccc3)c3cccc4c3-c3ccccc3C43c4ccccc4-c4ccccc43)c2)c2cccc(N(c3ccccc3)c3cccc4c3C3(c5ccccc5-c5ccccc53)c3ccccc3-4)c2)cc1. The van der Waals surface area contributed by atoms with Crippen LogP contribution in [0.4, 0.5) is 51.2 Å².